The van der Waals surface area contributed by atoms with E-state index in [9.17, 15) is 0 Å². The molecule has 1 N–H and O–H groups in total. The van der Waals surface area contributed by atoms with Gasteiger partial charge in [0.1, 0.15) is 16.6 Å². The zero-order valence-electron chi connectivity index (χ0n) is 6.20. The Bertz CT molecular complexity index is 393. The Balaban J connectivity index is 2.53. The van der Waals surface area contributed by atoms with Crippen molar-refractivity contribution in [1.82, 2.24) is 25.1 Å². The quantitative estimate of drug-likeness (QED) is 0.734. The van der Waals surface area contributed by atoms with Gasteiger partial charge >= 0.3 is 0 Å². The fraction of sp³-hybridized carbons (Fsp3) is 0. The van der Waals surface area contributed by atoms with Gasteiger partial charge in [0.25, 0.3) is 0 Å². The highest BCUT2D eigenvalue weighted by atomic mass is 35.5. The van der Waals surface area contributed by atoms with Crippen molar-refractivity contribution in [2.45, 2.75) is 0 Å². The SMILES string of the molecule is Clc1cc(Cl)nc(-c2ncn[nH]2)n1. The van der Waals surface area contributed by atoms with Gasteiger partial charge in [0.15, 0.2) is 11.6 Å². The first-order chi connectivity index (χ1) is 6.25. The summed E-state index contributed by atoms with van der Waals surface area (Å²) in [6.07, 6.45) is 1.35. The van der Waals surface area contributed by atoms with Crippen LogP contribution in [0.3, 0.4) is 0 Å². The fourth-order valence-corrected chi connectivity index (χ4v) is 1.23. The van der Waals surface area contributed by atoms with Crippen LogP contribution in [0.5, 0.6) is 0 Å². The number of hydrogen-bond acceptors (Lipinski definition) is 4. The Labute approximate surface area is 83.2 Å². The lowest BCUT2D eigenvalue weighted by atomic mass is 10.5. The second kappa shape index (κ2) is 3.27. The molecule has 13 heavy (non-hydrogen) atoms. The third-order valence-corrected chi connectivity index (χ3v) is 1.68. The largest absolute Gasteiger partial charge is 0.257 e. The first-order valence-electron chi connectivity index (χ1n) is 3.31. The van der Waals surface area contributed by atoms with Crippen LogP contribution in [0.4, 0.5) is 0 Å². The molecule has 0 bridgehead atoms. The highest BCUT2D eigenvalue weighted by Crippen LogP contribution is 2.16. The molecule has 7 heteroatoms. The smallest absolute Gasteiger partial charge is 0.200 e. The third-order valence-electron chi connectivity index (χ3n) is 1.29. The third kappa shape index (κ3) is 1.76. The molecule has 0 aliphatic heterocycles. The van der Waals surface area contributed by atoms with E-state index in [0.717, 1.165) is 0 Å². The Kier molecular flexibility index (Phi) is 2.12. The molecule has 0 saturated heterocycles. The fourth-order valence-electron chi connectivity index (χ4n) is 0.809. The molecular weight excluding hydrogens is 213 g/mol. The Morgan fingerprint density at radius 1 is 1.15 bits per heavy atom. The van der Waals surface area contributed by atoms with E-state index in [2.05, 4.69) is 25.1 Å². The number of halogens is 2. The minimum absolute atomic E-state index is 0.270. The van der Waals surface area contributed by atoms with E-state index in [1.165, 1.54) is 12.4 Å². The standard InChI is InChI=1S/C6H3Cl2N5/c7-3-1-4(8)12-6(11-3)5-9-2-10-13-5/h1-2H,(H,9,10,13). The summed E-state index contributed by atoms with van der Waals surface area (Å²) in [5.41, 5.74) is 0. The molecule has 0 spiro atoms. The summed E-state index contributed by atoms with van der Waals surface area (Å²) in [4.78, 5) is 11.7. The Morgan fingerprint density at radius 2 is 1.85 bits per heavy atom. The van der Waals surface area contributed by atoms with Gasteiger partial charge in [0.2, 0.25) is 0 Å². The molecule has 0 aliphatic rings. The van der Waals surface area contributed by atoms with Crippen molar-refractivity contribution in [2.24, 2.45) is 0 Å². The zero-order chi connectivity index (χ0) is 9.26. The van der Waals surface area contributed by atoms with Gasteiger partial charge in [-0.05, 0) is 0 Å². The lowest BCUT2D eigenvalue weighted by Gasteiger charge is -1.95. The normalized spacial score (nSPS) is 10.3. The average molecular weight is 216 g/mol. The molecule has 0 fully saturated rings. The summed E-state index contributed by atoms with van der Waals surface area (Å²) in [6, 6.07) is 1.45. The monoisotopic (exact) mass is 215 g/mol. The van der Waals surface area contributed by atoms with Gasteiger partial charge in [-0.3, -0.25) is 5.10 Å². The van der Waals surface area contributed by atoms with Crippen LogP contribution in [-0.2, 0) is 0 Å². The van der Waals surface area contributed by atoms with Crippen molar-refractivity contribution in [3.05, 3.63) is 22.7 Å². The lowest BCUT2D eigenvalue weighted by molar-refractivity contribution is 1.06. The van der Waals surface area contributed by atoms with Crippen LogP contribution in [0.2, 0.25) is 10.3 Å². The molecule has 2 rings (SSSR count). The summed E-state index contributed by atoms with van der Waals surface area (Å²) in [7, 11) is 0. The van der Waals surface area contributed by atoms with Gasteiger partial charge in [0.05, 0.1) is 0 Å². The number of rotatable bonds is 1. The van der Waals surface area contributed by atoms with E-state index >= 15 is 0 Å². The Hall–Kier alpha value is -1.20. The first-order valence-corrected chi connectivity index (χ1v) is 4.07. The molecule has 2 heterocycles. The predicted molar refractivity (Wildman–Crippen MR) is 47.4 cm³/mol. The average Bonchev–Trinajstić information content (AvgIpc) is 2.53. The van der Waals surface area contributed by atoms with Crippen LogP contribution in [0, 0.1) is 0 Å². The van der Waals surface area contributed by atoms with Crippen LogP contribution in [0.25, 0.3) is 11.6 Å². The van der Waals surface area contributed by atoms with Gasteiger partial charge in [-0.25, -0.2) is 15.0 Å². The van der Waals surface area contributed by atoms with Crippen LogP contribution >= 0.6 is 23.2 Å². The van der Waals surface area contributed by atoms with E-state index in [1.807, 2.05) is 0 Å². The molecule has 0 amide bonds. The summed E-state index contributed by atoms with van der Waals surface area (Å²) in [6.45, 7) is 0. The van der Waals surface area contributed by atoms with Crippen LogP contribution in [0.1, 0.15) is 0 Å². The van der Waals surface area contributed by atoms with Crippen LogP contribution < -0.4 is 0 Å². The van der Waals surface area contributed by atoms with Gasteiger partial charge < -0.3 is 0 Å². The maximum Gasteiger partial charge on any atom is 0.200 e. The van der Waals surface area contributed by atoms with Gasteiger partial charge in [0, 0.05) is 6.07 Å². The van der Waals surface area contributed by atoms with Crippen molar-refractivity contribution in [3.8, 4) is 11.6 Å². The second-order valence-corrected chi connectivity index (χ2v) is 2.95. The van der Waals surface area contributed by atoms with E-state index < -0.39 is 0 Å². The molecule has 2 aromatic heterocycles. The van der Waals surface area contributed by atoms with E-state index in [0.29, 0.717) is 11.6 Å². The zero-order valence-corrected chi connectivity index (χ0v) is 7.71. The molecule has 0 aromatic carbocycles. The van der Waals surface area contributed by atoms with E-state index in [1.54, 1.807) is 0 Å². The molecule has 0 atom stereocenters. The number of aromatic amines is 1. The van der Waals surface area contributed by atoms with Crippen molar-refractivity contribution < 1.29 is 0 Å². The summed E-state index contributed by atoms with van der Waals surface area (Å²) < 4.78 is 0. The summed E-state index contributed by atoms with van der Waals surface area (Å²) >= 11 is 11.3. The molecule has 0 unspecified atom stereocenters. The van der Waals surface area contributed by atoms with Crippen LogP contribution in [-0.4, -0.2) is 25.1 Å². The molecule has 0 aliphatic carbocycles. The second-order valence-electron chi connectivity index (χ2n) is 2.17. The number of nitrogens with one attached hydrogen (secondary N) is 1. The van der Waals surface area contributed by atoms with Crippen molar-refractivity contribution in [2.75, 3.05) is 0 Å². The molecule has 0 saturated carbocycles. The molecule has 66 valence electrons. The molecular formula is C6H3Cl2N5. The van der Waals surface area contributed by atoms with E-state index in [4.69, 9.17) is 23.2 Å². The Morgan fingerprint density at radius 3 is 2.38 bits per heavy atom. The number of hydrogen-bond donors (Lipinski definition) is 1. The molecule has 5 nitrogen and oxygen atoms in total. The van der Waals surface area contributed by atoms with Gasteiger partial charge in [-0.1, -0.05) is 23.2 Å². The maximum atomic E-state index is 5.67. The van der Waals surface area contributed by atoms with Crippen molar-refractivity contribution in [1.29, 1.82) is 0 Å². The number of H-pyrrole nitrogens is 1. The lowest BCUT2D eigenvalue weighted by Crippen LogP contribution is -1.91. The minimum atomic E-state index is 0.270. The number of aromatic nitrogens is 5. The minimum Gasteiger partial charge on any atom is -0.257 e. The number of nitrogens with zero attached hydrogens (tertiary/aromatic N) is 4. The summed E-state index contributed by atoms with van der Waals surface area (Å²) in [5, 5.41) is 6.80. The highest BCUT2D eigenvalue weighted by molar-refractivity contribution is 6.33. The first kappa shape index (κ1) is 8.40. The van der Waals surface area contributed by atoms with Crippen molar-refractivity contribution >= 4 is 23.2 Å². The summed E-state index contributed by atoms with van der Waals surface area (Å²) in [5.74, 6) is 0.763. The van der Waals surface area contributed by atoms with Crippen LogP contribution in [0.15, 0.2) is 12.4 Å². The topological polar surface area (TPSA) is 67.3 Å². The van der Waals surface area contributed by atoms with Gasteiger partial charge in [-0.2, -0.15) is 5.10 Å². The maximum absolute atomic E-state index is 5.67. The molecule has 2 aromatic rings. The predicted octanol–water partition coefficient (Wildman–Crippen LogP) is 1.57. The van der Waals surface area contributed by atoms with Crippen molar-refractivity contribution in [3.63, 3.8) is 0 Å². The highest BCUT2D eigenvalue weighted by Gasteiger charge is 2.06. The molecule has 0 radical (unpaired) electrons. The van der Waals surface area contributed by atoms with Gasteiger partial charge in [-0.15, -0.1) is 0 Å². The van der Waals surface area contributed by atoms with E-state index in [-0.39, 0.29) is 10.3 Å².